The summed E-state index contributed by atoms with van der Waals surface area (Å²) in [6.07, 6.45) is 0. The van der Waals surface area contributed by atoms with Crippen LogP contribution in [0.15, 0.2) is 302 Å². The molecule has 3 heteroatoms. The lowest BCUT2D eigenvalue weighted by Gasteiger charge is -2.34. The summed E-state index contributed by atoms with van der Waals surface area (Å²) >= 11 is 0. The fourth-order valence-electron chi connectivity index (χ4n) is 13.3. The lowest BCUT2D eigenvalue weighted by molar-refractivity contribution is 0.669. The third-order valence-corrected chi connectivity index (χ3v) is 21.3. The van der Waals surface area contributed by atoms with Gasteiger partial charge in [-0.3, -0.25) is 0 Å². The smallest absolute Gasteiger partial charge is 0.180 e. The van der Waals surface area contributed by atoms with Gasteiger partial charge in [-0.25, -0.2) is 0 Å². The number of benzene rings is 12. The molecule has 2 nitrogen and oxygen atoms in total. The van der Waals surface area contributed by atoms with E-state index in [4.69, 9.17) is 4.42 Å². The van der Waals surface area contributed by atoms with Crippen LogP contribution in [0.5, 0.6) is 0 Å². The van der Waals surface area contributed by atoms with Gasteiger partial charge in [-0.2, -0.15) is 0 Å². The van der Waals surface area contributed by atoms with Crippen LogP contribution in [0.3, 0.4) is 0 Å². The molecule has 1 aliphatic heterocycles. The Morgan fingerprint density at radius 1 is 0.303 bits per heavy atom. The van der Waals surface area contributed by atoms with Gasteiger partial charge in [0.15, 0.2) is 8.07 Å². The molecule has 1 aromatic heterocycles. The van der Waals surface area contributed by atoms with Gasteiger partial charge >= 0.3 is 0 Å². The highest BCUT2D eigenvalue weighted by molar-refractivity contribution is 7.22. The van der Waals surface area contributed by atoms with Crippen LogP contribution in [0.25, 0.3) is 66.4 Å². The molecule has 13 aromatic rings. The number of anilines is 3. The summed E-state index contributed by atoms with van der Waals surface area (Å²) in [5.41, 5.74) is 19.5. The Balaban J connectivity index is 0.915. The van der Waals surface area contributed by atoms with Crippen molar-refractivity contribution < 1.29 is 4.42 Å². The lowest BCUT2D eigenvalue weighted by Crippen LogP contribution is -2.72. The summed E-state index contributed by atoms with van der Waals surface area (Å²) in [6, 6.07) is 110. The van der Waals surface area contributed by atoms with Crippen molar-refractivity contribution in [1.29, 1.82) is 0 Å². The average molecular weight is 984 g/mol. The zero-order valence-electron chi connectivity index (χ0n) is 41.6. The van der Waals surface area contributed by atoms with Gasteiger partial charge in [-0.1, -0.05) is 243 Å². The minimum atomic E-state index is -2.79. The van der Waals surface area contributed by atoms with Gasteiger partial charge in [0.25, 0.3) is 0 Å². The van der Waals surface area contributed by atoms with Crippen LogP contribution in [-0.2, 0) is 5.41 Å². The molecule has 0 atom stereocenters. The second kappa shape index (κ2) is 17.6. The van der Waals surface area contributed by atoms with Gasteiger partial charge in [-0.05, 0) is 142 Å². The highest BCUT2D eigenvalue weighted by Crippen LogP contribution is 2.59. The van der Waals surface area contributed by atoms with E-state index in [-0.39, 0.29) is 0 Å². The monoisotopic (exact) mass is 983 g/mol. The van der Waals surface area contributed by atoms with Crippen LogP contribution in [0.4, 0.5) is 17.1 Å². The summed E-state index contributed by atoms with van der Waals surface area (Å²) in [4.78, 5) is 2.44. The fraction of sp³-hybridized carbons (Fsp3) is 0.0137. The van der Waals surface area contributed by atoms with Crippen molar-refractivity contribution in [2.24, 2.45) is 0 Å². The summed E-state index contributed by atoms with van der Waals surface area (Å²) in [5.74, 6) is 0. The van der Waals surface area contributed by atoms with Gasteiger partial charge in [0.1, 0.15) is 11.2 Å². The van der Waals surface area contributed by atoms with E-state index in [1.54, 1.807) is 0 Å². The SMILES string of the molecule is c1ccc(-c2cccc3c2-c2ccc(-c4ccc(N(c5cccc([Si]6(c7ccccc7)c7ccccc7-c7ccccc76)c5)c5ccc6oc7ccccc7c6c5)cc4)cc2C3(c2ccccc2)c2ccccc2)cc1. The number of hydrogen-bond acceptors (Lipinski definition) is 2. The normalized spacial score (nSPS) is 13.5. The summed E-state index contributed by atoms with van der Waals surface area (Å²) in [7, 11) is -2.79. The molecule has 0 saturated heterocycles. The third-order valence-electron chi connectivity index (χ3n) is 16.4. The Bertz CT molecular complexity index is 4250. The molecule has 0 radical (unpaired) electrons. The molecule has 0 bridgehead atoms. The van der Waals surface area contributed by atoms with Crippen molar-refractivity contribution in [3.05, 3.63) is 320 Å². The first kappa shape index (κ1) is 44.0. The molecule has 1 aliphatic carbocycles. The minimum Gasteiger partial charge on any atom is -0.456 e. The molecular weight excluding hydrogens is 935 g/mol. The van der Waals surface area contributed by atoms with E-state index in [1.165, 1.54) is 81.9 Å². The van der Waals surface area contributed by atoms with Gasteiger partial charge in [0.2, 0.25) is 0 Å². The maximum Gasteiger partial charge on any atom is 0.180 e. The second-order valence-corrected chi connectivity index (χ2v) is 24.0. The topological polar surface area (TPSA) is 16.4 Å². The number of rotatable bonds is 9. The fourth-order valence-corrected chi connectivity index (χ4v) is 18.5. The molecule has 15 rings (SSSR count). The van der Waals surface area contributed by atoms with Crippen LogP contribution in [0.1, 0.15) is 22.3 Å². The van der Waals surface area contributed by atoms with Crippen LogP contribution < -0.4 is 25.6 Å². The quantitative estimate of drug-likeness (QED) is 0.134. The van der Waals surface area contributed by atoms with Gasteiger partial charge in [-0.15, -0.1) is 0 Å². The third kappa shape index (κ3) is 6.52. The largest absolute Gasteiger partial charge is 0.456 e. The van der Waals surface area contributed by atoms with Crippen molar-refractivity contribution >= 4 is 67.8 Å². The highest BCUT2D eigenvalue weighted by atomic mass is 28.3. The van der Waals surface area contributed by atoms with Crippen LogP contribution in [-0.4, -0.2) is 8.07 Å². The summed E-state index contributed by atoms with van der Waals surface area (Å²) < 4.78 is 6.42. The first-order valence-corrected chi connectivity index (χ1v) is 28.3. The molecule has 76 heavy (non-hydrogen) atoms. The molecule has 0 unspecified atom stereocenters. The van der Waals surface area contributed by atoms with Crippen molar-refractivity contribution in [3.63, 3.8) is 0 Å². The van der Waals surface area contributed by atoms with E-state index in [1.807, 2.05) is 6.07 Å². The van der Waals surface area contributed by atoms with Crippen molar-refractivity contribution in [1.82, 2.24) is 0 Å². The van der Waals surface area contributed by atoms with E-state index in [0.717, 1.165) is 44.6 Å². The number of fused-ring (bicyclic) bond motifs is 9. The highest BCUT2D eigenvalue weighted by Gasteiger charge is 2.49. The van der Waals surface area contributed by atoms with Crippen LogP contribution in [0.2, 0.25) is 0 Å². The zero-order chi connectivity index (χ0) is 50.2. The Kier molecular flexibility index (Phi) is 10.2. The van der Waals surface area contributed by atoms with Gasteiger partial charge < -0.3 is 9.32 Å². The number of furan rings is 1. The van der Waals surface area contributed by atoms with E-state index in [2.05, 4.69) is 296 Å². The van der Waals surface area contributed by atoms with Crippen molar-refractivity contribution in [2.45, 2.75) is 5.41 Å². The Hall–Kier alpha value is -9.54. The molecule has 0 saturated carbocycles. The first-order valence-electron chi connectivity index (χ1n) is 26.3. The predicted molar refractivity (Wildman–Crippen MR) is 319 cm³/mol. The lowest BCUT2D eigenvalue weighted by atomic mass is 9.67. The Labute approximate surface area is 444 Å². The van der Waals surface area contributed by atoms with E-state index in [9.17, 15) is 0 Å². The van der Waals surface area contributed by atoms with Gasteiger partial charge in [0, 0.05) is 27.8 Å². The molecule has 0 spiro atoms. The molecule has 12 aromatic carbocycles. The van der Waals surface area contributed by atoms with E-state index < -0.39 is 13.5 Å². The maximum absolute atomic E-state index is 6.42. The van der Waals surface area contributed by atoms with Crippen LogP contribution in [0, 0.1) is 0 Å². The Morgan fingerprint density at radius 3 is 1.55 bits per heavy atom. The van der Waals surface area contributed by atoms with E-state index in [0.29, 0.717) is 0 Å². The number of nitrogens with zero attached hydrogens (tertiary/aromatic N) is 1. The van der Waals surface area contributed by atoms with Crippen molar-refractivity contribution in [2.75, 3.05) is 4.90 Å². The van der Waals surface area contributed by atoms with Crippen molar-refractivity contribution in [3.8, 4) is 44.5 Å². The molecule has 0 amide bonds. The summed E-state index contributed by atoms with van der Waals surface area (Å²) in [6.45, 7) is 0. The number of hydrogen-bond donors (Lipinski definition) is 0. The van der Waals surface area contributed by atoms with Gasteiger partial charge in [0.05, 0.1) is 5.41 Å². The molecule has 356 valence electrons. The molecule has 2 heterocycles. The van der Waals surface area contributed by atoms with E-state index >= 15 is 0 Å². The molecule has 0 fully saturated rings. The average Bonchev–Trinajstić information content (AvgIpc) is 4.18. The minimum absolute atomic E-state index is 0.549. The Morgan fingerprint density at radius 2 is 0.842 bits per heavy atom. The standard InChI is InChI=1S/C73H49NOSi/c1-5-21-51(22-6-1)60-34-20-35-66-72(60)64-45-41-52(47-67(64)73(66,53-23-7-2-8-24-53)54-25-9-3-10-26-54)50-39-42-55(43-40-50)74(57-44-46-69-65(49-57)61-31-13-16-36-68(61)75-69)56-27-19-30-59(48-56)76(58-28-11-4-12-29-58)70-37-17-14-32-62(70)63-33-15-18-38-71(63)76/h1-49H. The molecular formula is C73H49NOSi. The summed E-state index contributed by atoms with van der Waals surface area (Å²) in [5, 5.41) is 7.78. The number of para-hydroxylation sites is 1. The zero-order valence-corrected chi connectivity index (χ0v) is 42.6. The first-order chi connectivity index (χ1) is 37.7. The molecule has 0 N–H and O–H groups in total. The molecule has 2 aliphatic rings. The predicted octanol–water partition coefficient (Wildman–Crippen LogP) is 16.1. The van der Waals surface area contributed by atoms with Crippen LogP contribution >= 0.6 is 0 Å². The second-order valence-electron chi connectivity index (χ2n) is 20.3. The maximum atomic E-state index is 6.42.